The standard InChI is InChI=1S/C21H22N2O2/c1-5-23(16-11-10-13(2)14(3)12-16)21(25)20(24)19-15(4)22-18-9-7-6-8-17(18)19/h6-12,22H,5H2,1-4H3. The summed E-state index contributed by atoms with van der Waals surface area (Å²) in [7, 11) is 0. The largest absolute Gasteiger partial charge is 0.358 e. The van der Waals surface area contributed by atoms with Crippen molar-refractivity contribution in [2.24, 2.45) is 0 Å². The number of anilines is 1. The molecule has 25 heavy (non-hydrogen) atoms. The second kappa shape index (κ2) is 6.55. The minimum atomic E-state index is -0.501. The van der Waals surface area contributed by atoms with E-state index in [2.05, 4.69) is 4.98 Å². The number of carbonyl (C=O) groups is 2. The highest BCUT2D eigenvalue weighted by Crippen LogP contribution is 2.25. The zero-order chi connectivity index (χ0) is 18.1. The Balaban J connectivity index is 2.01. The van der Waals surface area contributed by atoms with E-state index in [1.807, 2.05) is 70.2 Å². The third-order valence-electron chi connectivity index (χ3n) is 4.68. The molecule has 2 aromatic carbocycles. The van der Waals surface area contributed by atoms with Crippen LogP contribution in [0.2, 0.25) is 0 Å². The molecule has 0 fully saturated rings. The molecule has 0 atom stereocenters. The minimum absolute atomic E-state index is 0.439. The third kappa shape index (κ3) is 2.95. The maximum absolute atomic E-state index is 13.0. The minimum Gasteiger partial charge on any atom is -0.358 e. The van der Waals surface area contributed by atoms with E-state index in [1.165, 1.54) is 4.90 Å². The highest BCUT2D eigenvalue weighted by molar-refractivity contribution is 6.49. The summed E-state index contributed by atoms with van der Waals surface area (Å²) >= 11 is 0. The molecule has 0 spiro atoms. The van der Waals surface area contributed by atoms with Crippen molar-refractivity contribution < 1.29 is 9.59 Å². The van der Waals surface area contributed by atoms with Crippen molar-refractivity contribution in [1.82, 2.24) is 4.98 Å². The van der Waals surface area contributed by atoms with Gasteiger partial charge < -0.3 is 9.88 Å². The van der Waals surface area contributed by atoms with Gasteiger partial charge in [-0.25, -0.2) is 0 Å². The van der Waals surface area contributed by atoms with Gasteiger partial charge in [0.05, 0.1) is 5.56 Å². The first-order valence-electron chi connectivity index (χ1n) is 8.44. The average Bonchev–Trinajstić information content (AvgIpc) is 2.93. The maximum Gasteiger partial charge on any atom is 0.299 e. The first-order chi connectivity index (χ1) is 11.9. The number of aryl methyl sites for hydroxylation is 3. The number of hydrogen-bond donors (Lipinski definition) is 1. The normalized spacial score (nSPS) is 10.9. The summed E-state index contributed by atoms with van der Waals surface area (Å²) < 4.78 is 0. The fourth-order valence-electron chi connectivity index (χ4n) is 3.14. The predicted molar refractivity (Wildman–Crippen MR) is 101 cm³/mol. The van der Waals surface area contributed by atoms with E-state index in [-0.39, 0.29) is 0 Å². The first-order valence-corrected chi connectivity index (χ1v) is 8.44. The lowest BCUT2D eigenvalue weighted by Crippen LogP contribution is -2.36. The average molecular weight is 334 g/mol. The number of aromatic nitrogens is 1. The van der Waals surface area contributed by atoms with Crippen molar-refractivity contribution in [2.45, 2.75) is 27.7 Å². The molecule has 3 rings (SSSR count). The van der Waals surface area contributed by atoms with E-state index in [9.17, 15) is 9.59 Å². The molecule has 3 aromatic rings. The van der Waals surface area contributed by atoms with Crippen molar-refractivity contribution in [1.29, 1.82) is 0 Å². The molecule has 0 aliphatic rings. The van der Waals surface area contributed by atoms with Crippen LogP contribution >= 0.6 is 0 Å². The summed E-state index contributed by atoms with van der Waals surface area (Å²) in [5, 5.41) is 0.787. The van der Waals surface area contributed by atoms with E-state index < -0.39 is 11.7 Å². The number of para-hydroxylation sites is 1. The lowest BCUT2D eigenvalue weighted by molar-refractivity contribution is -0.114. The Kier molecular flexibility index (Phi) is 4.45. The topological polar surface area (TPSA) is 53.2 Å². The van der Waals surface area contributed by atoms with E-state index in [0.29, 0.717) is 12.1 Å². The fraction of sp³-hybridized carbons (Fsp3) is 0.238. The van der Waals surface area contributed by atoms with Gasteiger partial charge in [-0.3, -0.25) is 9.59 Å². The summed E-state index contributed by atoms with van der Waals surface area (Å²) in [6, 6.07) is 13.4. The lowest BCUT2D eigenvalue weighted by atomic mass is 10.0. The van der Waals surface area contributed by atoms with Crippen LogP contribution in [0.4, 0.5) is 5.69 Å². The second-order valence-corrected chi connectivity index (χ2v) is 6.32. The van der Waals surface area contributed by atoms with Gasteiger partial charge in [-0.1, -0.05) is 24.3 Å². The quantitative estimate of drug-likeness (QED) is 0.570. The molecule has 1 aromatic heterocycles. The fourth-order valence-corrected chi connectivity index (χ4v) is 3.14. The number of H-pyrrole nitrogens is 1. The Bertz CT molecular complexity index is 969. The summed E-state index contributed by atoms with van der Waals surface area (Å²) in [6.45, 7) is 8.17. The number of ketones is 1. The molecule has 1 heterocycles. The van der Waals surface area contributed by atoms with Gasteiger partial charge in [0.25, 0.3) is 11.7 Å². The van der Waals surface area contributed by atoms with Gasteiger partial charge in [0.2, 0.25) is 0 Å². The van der Waals surface area contributed by atoms with Crippen LogP contribution < -0.4 is 4.90 Å². The molecular formula is C21H22N2O2. The van der Waals surface area contributed by atoms with Crippen molar-refractivity contribution in [3.8, 4) is 0 Å². The molecule has 0 unspecified atom stereocenters. The molecule has 128 valence electrons. The monoisotopic (exact) mass is 334 g/mol. The number of hydrogen-bond acceptors (Lipinski definition) is 2. The number of benzene rings is 2. The van der Waals surface area contributed by atoms with Crippen LogP contribution in [0.15, 0.2) is 42.5 Å². The number of Topliss-reactive ketones (excluding diaryl/α,β-unsaturated/α-hetero) is 1. The van der Waals surface area contributed by atoms with Crippen molar-refractivity contribution in [2.75, 3.05) is 11.4 Å². The van der Waals surface area contributed by atoms with Crippen molar-refractivity contribution >= 4 is 28.3 Å². The molecule has 0 aliphatic heterocycles. The van der Waals surface area contributed by atoms with Crippen LogP contribution in [0.1, 0.15) is 34.1 Å². The molecular weight excluding hydrogens is 312 g/mol. The molecule has 0 saturated carbocycles. The molecule has 4 nitrogen and oxygen atoms in total. The Labute approximate surface area is 147 Å². The van der Waals surface area contributed by atoms with Gasteiger partial charge in [-0.15, -0.1) is 0 Å². The Hall–Kier alpha value is -2.88. The van der Waals surface area contributed by atoms with Gasteiger partial charge in [0, 0.05) is 28.8 Å². The molecule has 0 bridgehead atoms. The zero-order valence-electron chi connectivity index (χ0n) is 15.0. The number of likely N-dealkylation sites (N-methyl/N-ethyl adjacent to an activating group) is 1. The predicted octanol–water partition coefficient (Wildman–Crippen LogP) is 4.33. The first kappa shape index (κ1) is 17.0. The van der Waals surface area contributed by atoms with Gasteiger partial charge in [0.15, 0.2) is 0 Å². The Morgan fingerprint density at radius 2 is 1.72 bits per heavy atom. The van der Waals surface area contributed by atoms with Gasteiger partial charge in [0.1, 0.15) is 0 Å². The van der Waals surface area contributed by atoms with Crippen LogP contribution in [-0.4, -0.2) is 23.2 Å². The van der Waals surface area contributed by atoms with Crippen molar-refractivity contribution in [3.05, 3.63) is 64.8 Å². The van der Waals surface area contributed by atoms with Crippen molar-refractivity contribution in [3.63, 3.8) is 0 Å². The maximum atomic E-state index is 13.0. The number of rotatable bonds is 4. The number of carbonyl (C=O) groups excluding carboxylic acids is 2. The van der Waals surface area contributed by atoms with Crippen LogP contribution in [0.3, 0.4) is 0 Å². The molecule has 0 radical (unpaired) electrons. The zero-order valence-corrected chi connectivity index (χ0v) is 15.0. The Morgan fingerprint density at radius 1 is 1.00 bits per heavy atom. The highest BCUT2D eigenvalue weighted by atomic mass is 16.2. The molecule has 4 heteroatoms. The molecule has 1 N–H and O–H groups in total. The summed E-state index contributed by atoms with van der Waals surface area (Å²) in [5.41, 5.74) is 5.05. The smallest absolute Gasteiger partial charge is 0.299 e. The van der Waals surface area contributed by atoms with E-state index in [1.54, 1.807) is 0 Å². The third-order valence-corrected chi connectivity index (χ3v) is 4.68. The van der Waals surface area contributed by atoms with Crippen LogP contribution in [0.25, 0.3) is 10.9 Å². The Morgan fingerprint density at radius 3 is 2.40 bits per heavy atom. The van der Waals surface area contributed by atoms with Gasteiger partial charge in [-0.2, -0.15) is 0 Å². The second-order valence-electron chi connectivity index (χ2n) is 6.32. The highest BCUT2D eigenvalue weighted by Gasteiger charge is 2.27. The molecule has 0 saturated heterocycles. The SMILES string of the molecule is CCN(C(=O)C(=O)c1c(C)[nH]c2ccccc12)c1ccc(C)c(C)c1. The van der Waals surface area contributed by atoms with Gasteiger partial charge >= 0.3 is 0 Å². The van der Waals surface area contributed by atoms with Crippen LogP contribution in [0.5, 0.6) is 0 Å². The van der Waals surface area contributed by atoms with E-state index in [4.69, 9.17) is 0 Å². The lowest BCUT2D eigenvalue weighted by Gasteiger charge is -2.21. The van der Waals surface area contributed by atoms with E-state index >= 15 is 0 Å². The molecule has 0 aliphatic carbocycles. The summed E-state index contributed by atoms with van der Waals surface area (Å²) in [4.78, 5) is 30.6. The van der Waals surface area contributed by atoms with Gasteiger partial charge in [-0.05, 0) is 57.0 Å². The number of amides is 1. The van der Waals surface area contributed by atoms with Crippen LogP contribution in [0, 0.1) is 20.8 Å². The van der Waals surface area contributed by atoms with Crippen LogP contribution in [-0.2, 0) is 4.79 Å². The van der Waals surface area contributed by atoms with E-state index in [0.717, 1.165) is 33.4 Å². The summed E-state index contributed by atoms with van der Waals surface area (Å²) in [5.74, 6) is -0.978. The number of fused-ring (bicyclic) bond motifs is 1. The number of aromatic amines is 1. The summed E-state index contributed by atoms with van der Waals surface area (Å²) in [6.07, 6.45) is 0. The molecule has 1 amide bonds. The number of nitrogens with zero attached hydrogens (tertiary/aromatic N) is 1. The number of nitrogens with one attached hydrogen (secondary N) is 1.